The highest BCUT2D eigenvalue weighted by molar-refractivity contribution is 6.33. The quantitative estimate of drug-likeness (QED) is 0.0511. The number of ketones is 1. The normalized spacial score (nSPS) is 12.5. The number of hydrogen-bond acceptors (Lipinski definition) is 9. The largest absolute Gasteiger partial charge is 0.491 e. The molecule has 0 bridgehead atoms. The molecule has 16 nitrogen and oxygen atoms in total. The van der Waals surface area contributed by atoms with Gasteiger partial charge in [-0.1, -0.05) is 12.1 Å². The van der Waals surface area contributed by atoms with Crippen molar-refractivity contribution in [2.24, 2.45) is 22.2 Å². The first kappa shape index (κ1) is 42.9. The predicted octanol–water partition coefficient (Wildman–Crippen LogP) is 2.47. The molecule has 11 N–H and O–H groups in total. The number of ether oxygens (including phenoxy) is 2. The molecule has 51 heavy (non-hydrogen) atoms. The Hall–Kier alpha value is -6.09. The molecular weight excluding hydrogens is 706 g/mol. The van der Waals surface area contributed by atoms with Gasteiger partial charge < -0.3 is 47.3 Å². The number of guanidine groups is 1. The van der Waals surface area contributed by atoms with Crippen LogP contribution < -0.4 is 32.0 Å². The number of Topliss-reactive ketones (excluding diaryl/α,β-unsaturated/α-hetero) is 1. The first-order valence-corrected chi connectivity index (χ1v) is 14.2. The molecule has 0 atom stereocenters. The topological polar surface area (TPSA) is 291 Å². The van der Waals surface area contributed by atoms with Gasteiger partial charge >= 0.3 is 30.3 Å². The third-order valence-corrected chi connectivity index (χ3v) is 6.16. The standard InChI is InChI=1S/C25H30N6O6.2C2HF3O2/c26-22(27)15-6-5-14(11-19(32)24(34)35)20(12-15)36-10-9-30-23(33)18-8-7-16(31-25(28)29)13-21(18)37-17-3-1-2-4-17;2*3-2(4,5)1(6)7/h5-8,12-13,17H,1-4,9-11H2,(H3,26,27)(H,30,33)(H,34,35)(H4,28,29,31);2*(H,6,7). The Balaban J connectivity index is 0.000000780. The maximum absolute atomic E-state index is 12.9. The van der Waals surface area contributed by atoms with Gasteiger partial charge in [-0.15, -0.1) is 0 Å². The molecule has 0 aliphatic heterocycles. The summed E-state index contributed by atoms with van der Waals surface area (Å²) < 4.78 is 75.3. The molecule has 1 fully saturated rings. The number of aliphatic imine (C=N–C) groups is 1. The second-order valence-corrected chi connectivity index (χ2v) is 10.1. The van der Waals surface area contributed by atoms with E-state index in [1.54, 1.807) is 18.2 Å². The molecule has 0 aromatic heterocycles. The molecule has 0 heterocycles. The highest BCUT2D eigenvalue weighted by atomic mass is 19.4. The second kappa shape index (κ2) is 19.2. The number of carboxylic acid groups (broad SMARTS) is 3. The van der Waals surface area contributed by atoms with Gasteiger partial charge in [-0.2, -0.15) is 26.3 Å². The van der Waals surface area contributed by atoms with Crippen molar-refractivity contribution < 1.29 is 75.1 Å². The Bertz CT molecular complexity index is 1600. The molecule has 2 aromatic carbocycles. The van der Waals surface area contributed by atoms with Crippen LogP contribution in [0.1, 0.15) is 47.2 Å². The van der Waals surface area contributed by atoms with E-state index in [1.807, 2.05) is 0 Å². The van der Waals surface area contributed by atoms with Crippen molar-refractivity contribution in [1.82, 2.24) is 5.32 Å². The summed E-state index contributed by atoms with van der Waals surface area (Å²) in [5.74, 6) is -8.23. The van der Waals surface area contributed by atoms with Crippen molar-refractivity contribution in [3.05, 3.63) is 53.1 Å². The highest BCUT2D eigenvalue weighted by Crippen LogP contribution is 2.30. The SMILES string of the molecule is N=C(N)c1ccc(CC(=O)C(=O)O)c(OCCNC(=O)c2ccc(N=C(N)N)cc2OC2CCCC2)c1.O=C(O)C(F)(F)F.O=C(O)C(F)(F)F. The number of nitrogens with two attached hydrogens (primary N) is 3. The monoisotopic (exact) mass is 738 g/mol. The number of nitrogens with zero attached hydrogens (tertiary/aromatic N) is 1. The number of halogens is 6. The molecule has 1 amide bonds. The Morgan fingerprint density at radius 2 is 1.41 bits per heavy atom. The molecule has 0 saturated heterocycles. The predicted molar refractivity (Wildman–Crippen MR) is 164 cm³/mol. The van der Waals surface area contributed by atoms with Gasteiger partial charge in [0.25, 0.3) is 5.91 Å². The van der Waals surface area contributed by atoms with E-state index in [0.717, 1.165) is 25.7 Å². The number of nitrogens with one attached hydrogen (secondary N) is 2. The molecule has 1 aliphatic carbocycles. The number of aliphatic carboxylic acids is 3. The van der Waals surface area contributed by atoms with Crippen molar-refractivity contribution >= 4 is 47.1 Å². The lowest BCUT2D eigenvalue weighted by Gasteiger charge is -2.17. The fourth-order valence-electron chi connectivity index (χ4n) is 3.87. The van der Waals surface area contributed by atoms with E-state index in [4.69, 9.17) is 57.0 Å². The highest BCUT2D eigenvalue weighted by Gasteiger charge is 2.39. The van der Waals surface area contributed by atoms with E-state index < -0.39 is 42.0 Å². The van der Waals surface area contributed by atoms with Gasteiger partial charge in [-0.3, -0.25) is 15.0 Å². The van der Waals surface area contributed by atoms with Crippen LogP contribution in [-0.2, 0) is 25.6 Å². The van der Waals surface area contributed by atoms with E-state index in [-0.39, 0.29) is 43.2 Å². The molecule has 0 radical (unpaired) electrons. The summed E-state index contributed by atoms with van der Waals surface area (Å²) in [5.41, 5.74) is 17.9. The number of alkyl halides is 6. The minimum Gasteiger partial charge on any atom is -0.491 e. The van der Waals surface area contributed by atoms with Crippen LogP contribution in [0.2, 0.25) is 0 Å². The van der Waals surface area contributed by atoms with Crippen molar-refractivity contribution in [1.29, 1.82) is 5.41 Å². The molecule has 22 heteroatoms. The molecule has 2 aromatic rings. The lowest BCUT2D eigenvalue weighted by atomic mass is 10.0. The average Bonchev–Trinajstić information content (AvgIpc) is 3.52. The van der Waals surface area contributed by atoms with Crippen molar-refractivity contribution in [3.8, 4) is 11.5 Å². The number of benzene rings is 2. The number of amides is 1. The smallest absolute Gasteiger partial charge is 0.490 e. The Kier molecular flexibility index (Phi) is 16.2. The van der Waals surface area contributed by atoms with Crippen molar-refractivity contribution in [3.63, 3.8) is 0 Å². The van der Waals surface area contributed by atoms with E-state index in [1.165, 1.54) is 18.2 Å². The maximum atomic E-state index is 12.9. The molecule has 3 rings (SSSR count). The summed E-state index contributed by atoms with van der Waals surface area (Å²) in [7, 11) is 0. The fraction of sp³-hybridized carbons (Fsp3) is 0.345. The van der Waals surface area contributed by atoms with Crippen LogP contribution in [0.25, 0.3) is 0 Å². The van der Waals surface area contributed by atoms with Gasteiger partial charge in [0.2, 0.25) is 5.78 Å². The van der Waals surface area contributed by atoms with Gasteiger partial charge in [0, 0.05) is 23.6 Å². The molecule has 0 spiro atoms. The fourth-order valence-corrected chi connectivity index (χ4v) is 3.87. The third-order valence-electron chi connectivity index (χ3n) is 6.16. The Morgan fingerprint density at radius 3 is 1.88 bits per heavy atom. The zero-order valence-corrected chi connectivity index (χ0v) is 26.1. The summed E-state index contributed by atoms with van der Waals surface area (Å²) in [6, 6.07) is 9.22. The zero-order valence-electron chi connectivity index (χ0n) is 26.1. The number of nitrogen functional groups attached to an aromatic ring is 1. The lowest BCUT2D eigenvalue weighted by Crippen LogP contribution is -2.29. The first-order valence-electron chi connectivity index (χ1n) is 14.2. The van der Waals surface area contributed by atoms with Crippen LogP contribution in [0.3, 0.4) is 0 Å². The average molecular weight is 739 g/mol. The molecule has 1 saturated carbocycles. The maximum Gasteiger partial charge on any atom is 0.490 e. The second-order valence-electron chi connectivity index (χ2n) is 10.1. The minimum atomic E-state index is -5.08. The van der Waals surface area contributed by atoms with Gasteiger partial charge in [-0.25, -0.2) is 19.4 Å². The summed E-state index contributed by atoms with van der Waals surface area (Å²) in [5, 5.41) is 33.5. The van der Waals surface area contributed by atoms with Crippen LogP contribution in [-0.4, -0.2) is 88.3 Å². The number of carbonyl (C=O) groups excluding carboxylic acids is 2. The summed E-state index contributed by atoms with van der Waals surface area (Å²) >= 11 is 0. The summed E-state index contributed by atoms with van der Waals surface area (Å²) in [6.45, 7) is 0.0975. The number of carboxylic acids is 3. The van der Waals surface area contributed by atoms with Gasteiger partial charge in [0.05, 0.1) is 23.9 Å². The number of amidine groups is 1. The number of carbonyl (C=O) groups is 5. The van der Waals surface area contributed by atoms with E-state index >= 15 is 0 Å². The van der Waals surface area contributed by atoms with Crippen LogP contribution in [0.5, 0.6) is 11.5 Å². The van der Waals surface area contributed by atoms with Crippen LogP contribution in [0.15, 0.2) is 41.4 Å². The molecular formula is C29H32F6N6O10. The van der Waals surface area contributed by atoms with Gasteiger partial charge in [0.1, 0.15) is 23.9 Å². The molecule has 1 aliphatic rings. The van der Waals surface area contributed by atoms with Gasteiger partial charge in [0.15, 0.2) is 5.96 Å². The van der Waals surface area contributed by atoms with E-state index in [0.29, 0.717) is 28.1 Å². The Labute approximate surface area is 283 Å². The van der Waals surface area contributed by atoms with Crippen LogP contribution >= 0.6 is 0 Å². The van der Waals surface area contributed by atoms with E-state index in [9.17, 15) is 40.7 Å². The van der Waals surface area contributed by atoms with E-state index in [2.05, 4.69) is 10.3 Å². The third kappa shape index (κ3) is 15.8. The number of rotatable bonds is 12. The lowest BCUT2D eigenvalue weighted by molar-refractivity contribution is -0.193. The zero-order chi connectivity index (χ0) is 39.1. The minimum absolute atomic E-state index is 0.00447. The molecule has 280 valence electrons. The van der Waals surface area contributed by atoms with Crippen LogP contribution in [0.4, 0.5) is 32.0 Å². The van der Waals surface area contributed by atoms with Gasteiger partial charge in [-0.05, 0) is 43.9 Å². The van der Waals surface area contributed by atoms with Crippen LogP contribution in [0, 0.1) is 5.41 Å². The number of hydrogen-bond donors (Lipinski definition) is 8. The first-order chi connectivity index (χ1) is 23.5. The van der Waals surface area contributed by atoms with Crippen molar-refractivity contribution in [2.75, 3.05) is 13.2 Å². The molecule has 0 unspecified atom stereocenters. The Morgan fingerprint density at radius 1 is 0.863 bits per heavy atom. The summed E-state index contributed by atoms with van der Waals surface area (Å²) in [6.07, 6.45) is -6.64. The summed E-state index contributed by atoms with van der Waals surface area (Å²) in [4.78, 5) is 57.4. The van der Waals surface area contributed by atoms with Crippen molar-refractivity contribution in [2.45, 2.75) is 50.6 Å².